The molecule has 1 heterocycles. The van der Waals surface area contributed by atoms with Crippen molar-refractivity contribution in [1.82, 2.24) is 9.78 Å². The van der Waals surface area contributed by atoms with Gasteiger partial charge < -0.3 is 14.2 Å². The first-order chi connectivity index (χ1) is 11.6. The maximum absolute atomic E-state index is 12.2. The molecule has 0 radical (unpaired) electrons. The minimum atomic E-state index is -0.793. The summed E-state index contributed by atoms with van der Waals surface area (Å²) in [5, 5.41) is 3.99. The molecule has 0 fully saturated rings. The van der Waals surface area contributed by atoms with Gasteiger partial charge in [-0.05, 0) is 19.1 Å². The molecule has 0 aliphatic heterocycles. The van der Waals surface area contributed by atoms with Crippen molar-refractivity contribution >= 4 is 11.9 Å². The van der Waals surface area contributed by atoms with Crippen LogP contribution in [0.25, 0.3) is 5.69 Å². The smallest absolute Gasteiger partial charge is 0.362 e. The molecule has 8 heteroatoms. The lowest BCUT2D eigenvalue weighted by Gasteiger charge is -2.11. The third-order valence-electron chi connectivity index (χ3n) is 2.93. The van der Waals surface area contributed by atoms with E-state index in [0.29, 0.717) is 5.69 Å². The van der Waals surface area contributed by atoms with Gasteiger partial charge in [0, 0.05) is 0 Å². The van der Waals surface area contributed by atoms with Crippen molar-refractivity contribution in [3.8, 4) is 11.4 Å². The van der Waals surface area contributed by atoms with Crippen molar-refractivity contribution in [2.45, 2.75) is 6.92 Å². The molecule has 8 nitrogen and oxygen atoms in total. The number of carbonyl (C=O) groups excluding carboxylic acids is 2. The van der Waals surface area contributed by atoms with Gasteiger partial charge in [0.1, 0.15) is 0 Å². The van der Waals surface area contributed by atoms with Gasteiger partial charge >= 0.3 is 11.9 Å². The molecule has 1 aromatic carbocycles. The molecule has 126 valence electrons. The Kier molecular flexibility index (Phi) is 5.67. The van der Waals surface area contributed by atoms with E-state index in [0.717, 1.165) is 10.7 Å². The fourth-order valence-electron chi connectivity index (χ4n) is 1.88. The topological polar surface area (TPSA) is 96.7 Å². The Morgan fingerprint density at radius 1 is 1.21 bits per heavy atom. The van der Waals surface area contributed by atoms with Crippen LogP contribution in [0.5, 0.6) is 5.75 Å². The van der Waals surface area contributed by atoms with E-state index in [2.05, 4.69) is 9.84 Å². The first-order valence-corrected chi connectivity index (χ1v) is 7.13. The standard InChI is InChI=1S/C16H16N2O6/c1-3-23-14(20)10-24-12-9-13(19)18(11-7-5-4-6-8-11)17-15(12)16(21)22-2/h4-9H,3,10H2,1-2H3. The van der Waals surface area contributed by atoms with Gasteiger partial charge in [0.2, 0.25) is 5.69 Å². The second-order valence-electron chi connectivity index (χ2n) is 4.53. The van der Waals surface area contributed by atoms with E-state index in [4.69, 9.17) is 9.47 Å². The van der Waals surface area contributed by atoms with Crippen molar-refractivity contribution in [2.75, 3.05) is 20.3 Å². The minimum absolute atomic E-state index is 0.146. The quantitative estimate of drug-likeness (QED) is 0.727. The van der Waals surface area contributed by atoms with Crippen molar-refractivity contribution in [3.63, 3.8) is 0 Å². The first kappa shape index (κ1) is 17.2. The molecular formula is C16H16N2O6. The van der Waals surface area contributed by atoms with E-state index in [1.54, 1.807) is 37.3 Å². The summed E-state index contributed by atoms with van der Waals surface area (Å²) in [4.78, 5) is 35.5. The summed E-state index contributed by atoms with van der Waals surface area (Å²) in [7, 11) is 1.18. The van der Waals surface area contributed by atoms with Crippen molar-refractivity contribution in [1.29, 1.82) is 0 Å². The van der Waals surface area contributed by atoms with Crippen LogP contribution in [0.3, 0.4) is 0 Å². The van der Waals surface area contributed by atoms with Gasteiger partial charge in [-0.25, -0.2) is 9.59 Å². The van der Waals surface area contributed by atoms with Crippen LogP contribution in [0, 0.1) is 0 Å². The van der Waals surface area contributed by atoms with E-state index in [1.165, 1.54) is 7.11 Å². The highest BCUT2D eigenvalue weighted by atomic mass is 16.6. The van der Waals surface area contributed by atoms with E-state index < -0.39 is 24.1 Å². The maximum Gasteiger partial charge on any atom is 0.362 e. The SMILES string of the molecule is CCOC(=O)COc1cc(=O)n(-c2ccccc2)nc1C(=O)OC. The van der Waals surface area contributed by atoms with Crippen LogP contribution in [0.4, 0.5) is 0 Å². The monoisotopic (exact) mass is 332 g/mol. The lowest BCUT2D eigenvalue weighted by atomic mass is 10.3. The molecule has 0 N–H and O–H groups in total. The zero-order valence-corrected chi connectivity index (χ0v) is 13.2. The Morgan fingerprint density at radius 3 is 2.54 bits per heavy atom. The predicted octanol–water partition coefficient (Wildman–Crippen LogP) is 0.961. The van der Waals surface area contributed by atoms with Gasteiger partial charge in [0.05, 0.1) is 25.5 Å². The van der Waals surface area contributed by atoms with Gasteiger partial charge in [0.25, 0.3) is 5.56 Å². The van der Waals surface area contributed by atoms with Gasteiger partial charge in [-0.3, -0.25) is 4.79 Å². The second kappa shape index (κ2) is 7.91. The van der Waals surface area contributed by atoms with Gasteiger partial charge in [-0.1, -0.05) is 18.2 Å². The molecule has 1 aromatic heterocycles. The highest BCUT2D eigenvalue weighted by Crippen LogP contribution is 2.16. The number of esters is 2. The number of para-hydroxylation sites is 1. The Labute approximate surface area is 137 Å². The molecule has 0 atom stereocenters. The van der Waals surface area contributed by atoms with Crippen LogP contribution in [0.15, 0.2) is 41.2 Å². The number of hydrogen-bond donors (Lipinski definition) is 0. The molecule has 0 aliphatic rings. The van der Waals surface area contributed by atoms with Crippen LogP contribution in [0.2, 0.25) is 0 Å². The predicted molar refractivity (Wildman–Crippen MR) is 83.3 cm³/mol. The van der Waals surface area contributed by atoms with E-state index in [1.807, 2.05) is 0 Å². The molecule has 2 rings (SSSR count). The average molecular weight is 332 g/mol. The molecule has 24 heavy (non-hydrogen) atoms. The van der Waals surface area contributed by atoms with Crippen LogP contribution in [-0.4, -0.2) is 42.0 Å². The minimum Gasteiger partial charge on any atom is -0.479 e. The number of aromatic nitrogens is 2. The molecule has 0 aliphatic carbocycles. The van der Waals surface area contributed by atoms with Gasteiger partial charge in [0.15, 0.2) is 12.4 Å². The highest BCUT2D eigenvalue weighted by Gasteiger charge is 2.20. The Bertz CT molecular complexity index is 785. The summed E-state index contributed by atoms with van der Waals surface area (Å²) in [6.45, 7) is 1.40. The summed E-state index contributed by atoms with van der Waals surface area (Å²) in [6, 6.07) is 9.64. The molecule has 0 spiro atoms. The van der Waals surface area contributed by atoms with E-state index in [9.17, 15) is 14.4 Å². The highest BCUT2D eigenvalue weighted by molar-refractivity contribution is 5.90. The number of methoxy groups -OCH3 is 1. The number of carbonyl (C=O) groups is 2. The van der Waals surface area contributed by atoms with Gasteiger partial charge in [-0.2, -0.15) is 9.78 Å². The summed E-state index contributed by atoms with van der Waals surface area (Å²) in [5.41, 5.74) is -0.262. The molecule has 0 amide bonds. The van der Waals surface area contributed by atoms with Crippen molar-refractivity contribution < 1.29 is 23.8 Å². The number of nitrogens with zero attached hydrogens (tertiary/aromatic N) is 2. The summed E-state index contributed by atoms with van der Waals surface area (Å²) in [6.07, 6.45) is 0. The number of benzene rings is 1. The Hall–Kier alpha value is -3.16. The van der Waals surface area contributed by atoms with Crippen LogP contribution < -0.4 is 10.3 Å². The largest absolute Gasteiger partial charge is 0.479 e. The summed E-state index contributed by atoms with van der Waals surface area (Å²) < 4.78 is 15.6. The van der Waals surface area contributed by atoms with E-state index in [-0.39, 0.29) is 18.1 Å². The van der Waals surface area contributed by atoms with Crippen LogP contribution >= 0.6 is 0 Å². The summed E-state index contributed by atoms with van der Waals surface area (Å²) >= 11 is 0. The van der Waals surface area contributed by atoms with Crippen molar-refractivity contribution in [2.24, 2.45) is 0 Å². The Morgan fingerprint density at radius 2 is 1.92 bits per heavy atom. The fourth-order valence-corrected chi connectivity index (χ4v) is 1.88. The number of rotatable bonds is 6. The fraction of sp³-hybridized carbons (Fsp3) is 0.250. The lowest BCUT2D eigenvalue weighted by Crippen LogP contribution is -2.26. The van der Waals surface area contributed by atoms with Crippen LogP contribution in [0.1, 0.15) is 17.4 Å². The van der Waals surface area contributed by atoms with Gasteiger partial charge in [-0.15, -0.1) is 0 Å². The zero-order chi connectivity index (χ0) is 17.5. The molecule has 0 saturated heterocycles. The molecule has 2 aromatic rings. The normalized spacial score (nSPS) is 10.1. The number of hydrogen-bond acceptors (Lipinski definition) is 7. The number of ether oxygens (including phenoxy) is 3. The second-order valence-corrected chi connectivity index (χ2v) is 4.53. The summed E-state index contributed by atoms with van der Waals surface area (Å²) in [5.74, 6) is -1.56. The average Bonchev–Trinajstić information content (AvgIpc) is 2.60. The third-order valence-corrected chi connectivity index (χ3v) is 2.93. The maximum atomic E-state index is 12.2. The molecule has 0 bridgehead atoms. The van der Waals surface area contributed by atoms with Crippen molar-refractivity contribution in [3.05, 3.63) is 52.4 Å². The molecular weight excluding hydrogens is 316 g/mol. The third kappa shape index (κ3) is 3.97. The van der Waals surface area contributed by atoms with Crippen LogP contribution in [-0.2, 0) is 14.3 Å². The molecule has 0 saturated carbocycles. The zero-order valence-electron chi connectivity index (χ0n) is 13.2. The lowest BCUT2D eigenvalue weighted by molar-refractivity contribution is -0.145. The Balaban J connectivity index is 2.41. The van der Waals surface area contributed by atoms with E-state index >= 15 is 0 Å². The molecule has 0 unspecified atom stereocenters. The first-order valence-electron chi connectivity index (χ1n) is 7.13.